The maximum Gasteiger partial charge on any atom is 0.227 e. The zero-order valence-electron chi connectivity index (χ0n) is 12.4. The lowest BCUT2D eigenvalue weighted by Gasteiger charge is -2.26. The minimum Gasteiger partial charge on any atom is -0.492 e. The maximum absolute atomic E-state index is 12.5. The minimum absolute atomic E-state index is 0.0258. The van der Waals surface area contributed by atoms with E-state index in [9.17, 15) is 4.79 Å². The van der Waals surface area contributed by atoms with E-state index < -0.39 is 0 Å². The maximum atomic E-state index is 12.5. The standard InChI is InChI=1S/C18H18BrNO2/c1-12(13-6-4-7-16(19)10-13)20-18(21)15-9-14-5-2-3-8-17(14)22-11-15/h2-8,10,12,15H,9,11H2,1H3,(H,20,21). The molecule has 0 aliphatic carbocycles. The summed E-state index contributed by atoms with van der Waals surface area (Å²) in [5, 5.41) is 3.08. The SMILES string of the molecule is CC(NC(=O)C1COc2ccccc2C1)c1cccc(Br)c1. The number of para-hydroxylation sites is 1. The van der Waals surface area contributed by atoms with Crippen LogP contribution in [-0.2, 0) is 11.2 Å². The Morgan fingerprint density at radius 2 is 2.09 bits per heavy atom. The molecule has 114 valence electrons. The average Bonchev–Trinajstić information content (AvgIpc) is 2.54. The fourth-order valence-corrected chi connectivity index (χ4v) is 3.10. The van der Waals surface area contributed by atoms with Crippen molar-refractivity contribution in [3.63, 3.8) is 0 Å². The highest BCUT2D eigenvalue weighted by Crippen LogP contribution is 2.27. The van der Waals surface area contributed by atoms with Crippen LogP contribution in [0.25, 0.3) is 0 Å². The van der Waals surface area contributed by atoms with Gasteiger partial charge >= 0.3 is 0 Å². The number of rotatable bonds is 3. The molecule has 1 amide bonds. The van der Waals surface area contributed by atoms with Crippen LogP contribution >= 0.6 is 15.9 Å². The normalized spacial score (nSPS) is 18.0. The van der Waals surface area contributed by atoms with E-state index >= 15 is 0 Å². The van der Waals surface area contributed by atoms with Crippen LogP contribution in [0.1, 0.15) is 24.1 Å². The molecular formula is C18H18BrNO2. The topological polar surface area (TPSA) is 38.3 Å². The Kier molecular flexibility index (Phi) is 4.48. The molecule has 2 aromatic carbocycles. The van der Waals surface area contributed by atoms with Crippen molar-refractivity contribution in [1.29, 1.82) is 0 Å². The van der Waals surface area contributed by atoms with E-state index in [-0.39, 0.29) is 17.9 Å². The van der Waals surface area contributed by atoms with Gasteiger partial charge in [0.1, 0.15) is 12.4 Å². The molecule has 0 radical (unpaired) electrons. The highest BCUT2D eigenvalue weighted by molar-refractivity contribution is 9.10. The highest BCUT2D eigenvalue weighted by Gasteiger charge is 2.26. The predicted octanol–water partition coefficient (Wildman–Crippen LogP) is 3.88. The van der Waals surface area contributed by atoms with Gasteiger partial charge in [-0.15, -0.1) is 0 Å². The summed E-state index contributed by atoms with van der Waals surface area (Å²) < 4.78 is 6.71. The summed E-state index contributed by atoms with van der Waals surface area (Å²) in [7, 11) is 0. The van der Waals surface area contributed by atoms with Crippen LogP contribution in [0.2, 0.25) is 0 Å². The van der Waals surface area contributed by atoms with Crippen molar-refractivity contribution in [3.8, 4) is 5.75 Å². The predicted molar refractivity (Wildman–Crippen MR) is 89.8 cm³/mol. The van der Waals surface area contributed by atoms with E-state index in [1.165, 1.54) is 0 Å². The molecule has 2 atom stereocenters. The van der Waals surface area contributed by atoms with Gasteiger partial charge in [0.25, 0.3) is 0 Å². The van der Waals surface area contributed by atoms with Gasteiger partial charge in [0.2, 0.25) is 5.91 Å². The van der Waals surface area contributed by atoms with Gasteiger partial charge in [-0.3, -0.25) is 4.79 Å². The van der Waals surface area contributed by atoms with E-state index in [2.05, 4.69) is 21.2 Å². The molecule has 3 rings (SSSR count). The van der Waals surface area contributed by atoms with Gasteiger partial charge in [0.05, 0.1) is 12.0 Å². The smallest absolute Gasteiger partial charge is 0.227 e. The van der Waals surface area contributed by atoms with Gasteiger partial charge < -0.3 is 10.1 Å². The number of ether oxygens (including phenoxy) is 1. The fourth-order valence-electron chi connectivity index (χ4n) is 2.69. The van der Waals surface area contributed by atoms with Crippen LogP contribution in [0.4, 0.5) is 0 Å². The molecule has 0 spiro atoms. The first-order chi connectivity index (χ1) is 10.6. The molecule has 22 heavy (non-hydrogen) atoms. The van der Waals surface area contributed by atoms with E-state index in [0.717, 1.165) is 27.8 Å². The lowest BCUT2D eigenvalue weighted by Crippen LogP contribution is -2.38. The molecule has 1 N–H and O–H groups in total. The number of hydrogen-bond donors (Lipinski definition) is 1. The number of fused-ring (bicyclic) bond motifs is 1. The Morgan fingerprint density at radius 1 is 1.27 bits per heavy atom. The van der Waals surface area contributed by atoms with Crippen molar-refractivity contribution >= 4 is 21.8 Å². The Balaban J connectivity index is 1.65. The molecule has 4 heteroatoms. The number of carbonyl (C=O) groups is 1. The minimum atomic E-state index is -0.135. The van der Waals surface area contributed by atoms with Crippen molar-refractivity contribution < 1.29 is 9.53 Å². The molecule has 1 heterocycles. The Bertz CT molecular complexity index is 686. The van der Waals surface area contributed by atoms with Gasteiger partial charge in [0, 0.05) is 4.47 Å². The largest absolute Gasteiger partial charge is 0.492 e. The van der Waals surface area contributed by atoms with Crippen LogP contribution in [0.5, 0.6) is 5.75 Å². The number of carbonyl (C=O) groups excluding carboxylic acids is 1. The van der Waals surface area contributed by atoms with Crippen LogP contribution in [-0.4, -0.2) is 12.5 Å². The molecule has 1 aliphatic heterocycles. The number of halogens is 1. The number of nitrogens with one attached hydrogen (secondary N) is 1. The Morgan fingerprint density at radius 3 is 2.91 bits per heavy atom. The van der Waals surface area contributed by atoms with Gasteiger partial charge in [-0.2, -0.15) is 0 Å². The third-order valence-corrected chi connectivity index (χ3v) is 4.45. The summed E-state index contributed by atoms with van der Waals surface area (Å²) in [5.41, 5.74) is 2.18. The second-order valence-corrected chi connectivity index (χ2v) is 6.52. The van der Waals surface area contributed by atoms with Crippen molar-refractivity contribution in [2.24, 2.45) is 5.92 Å². The van der Waals surface area contributed by atoms with E-state index in [1.807, 2.05) is 55.5 Å². The van der Waals surface area contributed by atoms with Gasteiger partial charge in [0.15, 0.2) is 0 Å². The van der Waals surface area contributed by atoms with Crippen molar-refractivity contribution in [3.05, 3.63) is 64.1 Å². The Labute approximate surface area is 138 Å². The lowest BCUT2D eigenvalue weighted by atomic mass is 9.95. The molecule has 3 nitrogen and oxygen atoms in total. The first-order valence-electron chi connectivity index (χ1n) is 7.40. The van der Waals surface area contributed by atoms with Crippen LogP contribution in [0, 0.1) is 5.92 Å². The van der Waals surface area contributed by atoms with Gasteiger partial charge in [-0.1, -0.05) is 46.3 Å². The second kappa shape index (κ2) is 6.53. The van der Waals surface area contributed by atoms with Crippen molar-refractivity contribution in [1.82, 2.24) is 5.32 Å². The zero-order valence-corrected chi connectivity index (χ0v) is 14.0. The Hall–Kier alpha value is -1.81. The van der Waals surface area contributed by atoms with E-state index in [0.29, 0.717) is 6.61 Å². The second-order valence-electron chi connectivity index (χ2n) is 5.61. The number of benzene rings is 2. The summed E-state index contributed by atoms with van der Waals surface area (Å²) in [4.78, 5) is 12.5. The molecule has 0 bridgehead atoms. The van der Waals surface area contributed by atoms with Gasteiger partial charge in [-0.05, 0) is 42.7 Å². The molecule has 2 aromatic rings. The van der Waals surface area contributed by atoms with Crippen LogP contribution in [0.3, 0.4) is 0 Å². The molecule has 0 saturated heterocycles. The average molecular weight is 360 g/mol. The molecule has 0 fully saturated rings. The number of hydrogen-bond acceptors (Lipinski definition) is 2. The quantitative estimate of drug-likeness (QED) is 0.902. The summed E-state index contributed by atoms with van der Waals surface area (Å²) in [6, 6.07) is 15.9. The van der Waals surface area contributed by atoms with Crippen LogP contribution in [0.15, 0.2) is 53.0 Å². The summed E-state index contributed by atoms with van der Waals surface area (Å²) in [6.45, 7) is 2.44. The monoisotopic (exact) mass is 359 g/mol. The highest BCUT2D eigenvalue weighted by atomic mass is 79.9. The molecule has 2 unspecified atom stereocenters. The molecule has 0 aromatic heterocycles. The molecule has 1 aliphatic rings. The first kappa shape index (κ1) is 15.1. The van der Waals surface area contributed by atoms with E-state index in [4.69, 9.17) is 4.74 Å². The first-order valence-corrected chi connectivity index (χ1v) is 8.19. The third kappa shape index (κ3) is 3.33. The lowest BCUT2D eigenvalue weighted by molar-refractivity contribution is -0.126. The third-order valence-electron chi connectivity index (χ3n) is 3.96. The summed E-state index contributed by atoms with van der Waals surface area (Å²) in [6.07, 6.45) is 0.729. The van der Waals surface area contributed by atoms with Crippen molar-refractivity contribution in [2.75, 3.05) is 6.61 Å². The number of amides is 1. The zero-order chi connectivity index (χ0) is 15.5. The summed E-state index contributed by atoms with van der Waals surface area (Å²) in [5.74, 6) is 0.804. The van der Waals surface area contributed by atoms with E-state index in [1.54, 1.807) is 0 Å². The summed E-state index contributed by atoms with van der Waals surface area (Å²) >= 11 is 3.46. The molecule has 0 saturated carbocycles. The fraction of sp³-hybridized carbons (Fsp3) is 0.278. The van der Waals surface area contributed by atoms with Gasteiger partial charge in [-0.25, -0.2) is 0 Å². The molecular weight excluding hydrogens is 342 g/mol. The van der Waals surface area contributed by atoms with Crippen LogP contribution < -0.4 is 10.1 Å². The van der Waals surface area contributed by atoms with Crippen molar-refractivity contribution in [2.45, 2.75) is 19.4 Å².